The lowest BCUT2D eigenvalue weighted by Gasteiger charge is -2.04. The number of amides is 1. The van der Waals surface area contributed by atoms with Gasteiger partial charge in [-0.25, -0.2) is 0 Å². The highest BCUT2D eigenvalue weighted by Gasteiger charge is 2.18. The number of rotatable bonds is 5. The van der Waals surface area contributed by atoms with Crippen LogP contribution in [0.4, 0.5) is 0 Å². The highest BCUT2D eigenvalue weighted by molar-refractivity contribution is 6.30. The third kappa shape index (κ3) is 4.07. The minimum absolute atomic E-state index is 0.0698. The average molecular weight is 388 g/mol. The van der Waals surface area contributed by atoms with Crippen LogP contribution in [0.1, 0.15) is 17.0 Å². The molecule has 0 bridgehead atoms. The van der Waals surface area contributed by atoms with Crippen molar-refractivity contribution in [1.29, 1.82) is 0 Å². The van der Waals surface area contributed by atoms with Crippen molar-refractivity contribution >= 4 is 40.9 Å². The van der Waals surface area contributed by atoms with Crippen LogP contribution >= 0.6 is 23.2 Å². The molecule has 5 nitrogen and oxygen atoms in total. The second-order valence-corrected chi connectivity index (χ2v) is 6.50. The number of hydrogen-bond donors (Lipinski definition) is 2. The van der Waals surface area contributed by atoms with Gasteiger partial charge in [0.25, 0.3) is 0 Å². The van der Waals surface area contributed by atoms with E-state index in [1.54, 1.807) is 42.5 Å². The first-order valence-electron chi connectivity index (χ1n) is 7.70. The number of carbonyl (C=O) groups excluding carboxylic acids is 1. The molecule has 3 aromatic rings. The first-order valence-corrected chi connectivity index (χ1v) is 8.45. The average Bonchev–Trinajstić information content (AvgIpc) is 2.97. The van der Waals surface area contributed by atoms with Crippen molar-refractivity contribution in [2.24, 2.45) is 11.5 Å². The fraction of sp³-hybridized carbons (Fsp3) is 0.0526. The molecule has 0 aliphatic carbocycles. The number of carbonyl (C=O) groups is 1. The quantitative estimate of drug-likeness (QED) is 0.687. The van der Waals surface area contributed by atoms with E-state index in [2.05, 4.69) is 5.16 Å². The minimum Gasteiger partial charge on any atom is -0.398 e. The van der Waals surface area contributed by atoms with E-state index in [0.717, 1.165) is 11.1 Å². The van der Waals surface area contributed by atoms with Crippen molar-refractivity contribution < 1.29 is 9.32 Å². The van der Waals surface area contributed by atoms with Gasteiger partial charge in [0, 0.05) is 15.7 Å². The van der Waals surface area contributed by atoms with Gasteiger partial charge in [0.1, 0.15) is 5.69 Å². The topological polar surface area (TPSA) is 95.1 Å². The Kier molecular flexibility index (Phi) is 5.30. The lowest BCUT2D eigenvalue weighted by molar-refractivity contribution is -0.117. The molecule has 26 heavy (non-hydrogen) atoms. The molecule has 1 heterocycles. The van der Waals surface area contributed by atoms with Crippen molar-refractivity contribution in [1.82, 2.24) is 5.16 Å². The molecule has 0 spiro atoms. The summed E-state index contributed by atoms with van der Waals surface area (Å²) in [5.74, 6) is -0.146. The number of nitrogens with zero attached hydrogens (tertiary/aromatic N) is 1. The largest absolute Gasteiger partial charge is 0.398 e. The molecule has 7 heteroatoms. The molecule has 0 saturated heterocycles. The van der Waals surface area contributed by atoms with Crippen LogP contribution in [0.5, 0.6) is 0 Å². The van der Waals surface area contributed by atoms with E-state index in [1.807, 2.05) is 12.1 Å². The molecule has 2 aromatic carbocycles. The normalized spacial score (nSPS) is 11.5. The number of hydrogen-bond acceptors (Lipinski definition) is 4. The molecular formula is C19H15Cl2N3O2. The molecule has 0 fully saturated rings. The van der Waals surface area contributed by atoms with Gasteiger partial charge in [0.2, 0.25) is 5.91 Å². The van der Waals surface area contributed by atoms with Crippen molar-refractivity contribution in [2.45, 2.75) is 6.42 Å². The second kappa shape index (κ2) is 7.64. The summed E-state index contributed by atoms with van der Waals surface area (Å²) < 4.78 is 5.34. The van der Waals surface area contributed by atoms with Gasteiger partial charge in [-0.1, -0.05) is 52.6 Å². The predicted molar refractivity (Wildman–Crippen MR) is 103 cm³/mol. The maximum absolute atomic E-state index is 11.4. The van der Waals surface area contributed by atoms with E-state index in [0.29, 0.717) is 32.8 Å². The summed E-state index contributed by atoms with van der Waals surface area (Å²) in [6.07, 6.45) is 1.61. The molecular weight excluding hydrogens is 373 g/mol. The van der Waals surface area contributed by atoms with Gasteiger partial charge in [-0.05, 0) is 41.5 Å². The molecule has 0 radical (unpaired) electrons. The Morgan fingerprint density at radius 1 is 1.00 bits per heavy atom. The first-order chi connectivity index (χ1) is 12.4. The van der Waals surface area contributed by atoms with Crippen LogP contribution in [0.15, 0.2) is 53.1 Å². The van der Waals surface area contributed by atoms with Gasteiger partial charge in [0.05, 0.1) is 12.0 Å². The molecule has 132 valence electrons. The number of aromatic nitrogens is 1. The summed E-state index contributed by atoms with van der Waals surface area (Å²) >= 11 is 11.9. The summed E-state index contributed by atoms with van der Waals surface area (Å²) in [6.45, 7) is 0. The van der Waals surface area contributed by atoms with E-state index >= 15 is 0 Å². The molecule has 0 aliphatic heterocycles. The SMILES string of the molecule is NC(=O)Cc1onc(C=C(N)c2ccc(Cl)cc2)c1-c1ccc(Cl)cc1. The van der Waals surface area contributed by atoms with Crippen molar-refractivity contribution in [3.05, 3.63) is 75.6 Å². The van der Waals surface area contributed by atoms with E-state index < -0.39 is 5.91 Å². The fourth-order valence-electron chi connectivity index (χ4n) is 2.51. The van der Waals surface area contributed by atoms with E-state index in [1.165, 1.54) is 0 Å². The number of primary amides is 1. The van der Waals surface area contributed by atoms with Crippen molar-refractivity contribution in [3.63, 3.8) is 0 Å². The zero-order chi connectivity index (χ0) is 18.7. The standard InChI is InChI=1S/C19H15Cl2N3O2/c20-13-5-1-11(2-6-13)15(22)9-16-19(12-3-7-14(21)8-4-12)17(26-24-16)10-18(23)25/h1-9H,10,22H2,(H2,23,25). The Balaban J connectivity index is 2.07. The summed E-state index contributed by atoms with van der Waals surface area (Å²) in [4.78, 5) is 11.4. The highest BCUT2D eigenvalue weighted by atomic mass is 35.5. The van der Waals surface area contributed by atoms with Crippen LogP contribution in [-0.4, -0.2) is 11.1 Å². The van der Waals surface area contributed by atoms with Crippen molar-refractivity contribution in [2.75, 3.05) is 0 Å². The van der Waals surface area contributed by atoms with Gasteiger partial charge < -0.3 is 16.0 Å². The molecule has 0 saturated carbocycles. The Labute approximate surface area is 160 Å². The van der Waals surface area contributed by atoms with E-state index in [-0.39, 0.29) is 6.42 Å². The molecule has 3 rings (SSSR count). The van der Waals surface area contributed by atoms with Gasteiger partial charge in [-0.15, -0.1) is 0 Å². The third-order valence-electron chi connectivity index (χ3n) is 3.73. The Morgan fingerprint density at radius 2 is 1.58 bits per heavy atom. The second-order valence-electron chi connectivity index (χ2n) is 5.62. The van der Waals surface area contributed by atoms with Gasteiger partial charge in [-0.2, -0.15) is 0 Å². The monoisotopic (exact) mass is 387 g/mol. The van der Waals surface area contributed by atoms with Crippen LogP contribution in [0.2, 0.25) is 10.0 Å². The summed E-state index contributed by atoms with van der Waals surface area (Å²) in [5, 5.41) is 5.27. The number of nitrogens with two attached hydrogens (primary N) is 2. The van der Waals surface area contributed by atoms with Crippen LogP contribution in [0.3, 0.4) is 0 Å². The molecule has 1 aromatic heterocycles. The Bertz CT molecular complexity index is 961. The van der Waals surface area contributed by atoms with E-state index in [9.17, 15) is 4.79 Å². The maximum atomic E-state index is 11.4. The maximum Gasteiger partial charge on any atom is 0.225 e. The van der Waals surface area contributed by atoms with Gasteiger partial charge in [-0.3, -0.25) is 4.79 Å². The van der Waals surface area contributed by atoms with Gasteiger partial charge in [0.15, 0.2) is 5.76 Å². The van der Waals surface area contributed by atoms with Crippen molar-refractivity contribution in [3.8, 4) is 11.1 Å². The molecule has 0 aliphatic rings. The number of benzene rings is 2. The van der Waals surface area contributed by atoms with Crippen LogP contribution in [-0.2, 0) is 11.2 Å². The van der Waals surface area contributed by atoms with E-state index in [4.69, 9.17) is 39.2 Å². The summed E-state index contributed by atoms with van der Waals surface area (Å²) in [6, 6.07) is 14.2. The summed E-state index contributed by atoms with van der Waals surface area (Å²) in [5.41, 5.74) is 14.7. The number of halogens is 2. The zero-order valence-electron chi connectivity index (χ0n) is 13.6. The highest BCUT2D eigenvalue weighted by Crippen LogP contribution is 2.31. The fourth-order valence-corrected chi connectivity index (χ4v) is 2.77. The molecule has 0 unspecified atom stereocenters. The summed E-state index contributed by atoms with van der Waals surface area (Å²) in [7, 11) is 0. The van der Waals surface area contributed by atoms with Gasteiger partial charge >= 0.3 is 0 Å². The lowest BCUT2D eigenvalue weighted by Crippen LogP contribution is -2.13. The Hall–Kier alpha value is -2.76. The predicted octanol–water partition coefficient (Wildman–Crippen LogP) is 4.13. The molecule has 1 amide bonds. The smallest absolute Gasteiger partial charge is 0.225 e. The Morgan fingerprint density at radius 3 is 2.15 bits per heavy atom. The zero-order valence-corrected chi connectivity index (χ0v) is 15.1. The molecule has 0 atom stereocenters. The van der Waals surface area contributed by atoms with Crippen LogP contribution in [0.25, 0.3) is 22.9 Å². The molecule has 4 N–H and O–H groups in total. The lowest BCUT2D eigenvalue weighted by atomic mass is 10.0. The van der Waals surface area contributed by atoms with Crippen LogP contribution in [0, 0.1) is 0 Å². The first kappa shape index (κ1) is 18.0. The minimum atomic E-state index is -0.516. The third-order valence-corrected chi connectivity index (χ3v) is 4.23. The van der Waals surface area contributed by atoms with Crippen LogP contribution < -0.4 is 11.5 Å².